The molecule has 1 fully saturated rings. The minimum atomic E-state index is -0.468. The van der Waals surface area contributed by atoms with Crippen LogP contribution in [-0.4, -0.2) is 29.6 Å². The fourth-order valence-corrected chi connectivity index (χ4v) is 2.15. The molecule has 0 aliphatic carbocycles. The second kappa shape index (κ2) is 4.77. The Kier molecular flexibility index (Phi) is 3.35. The van der Waals surface area contributed by atoms with Crippen LogP contribution < -0.4 is 5.32 Å². The van der Waals surface area contributed by atoms with E-state index < -0.39 is 4.92 Å². The normalized spacial score (nSPS) is 20.2. The van der Waals surface area contributed by atoms with Gasteiger partial charge in [-0.3, -0.25) is 0 Å². The summed E-state index contributed by atoms with van der Waals surface area (Å²) in [5.41, 5.74) is 2.49. The van der Waals surface area contributed by atoms with Gasteiger partial charge in [0, 0.05) is 31.6 Å². The lowest BCUT2D eigenvalue weighted by atomic mass is 10.0. The number of rotatable bonds is 2. The van der Waals surface area contributed by atoms with Gasteiger partial charge in [0.1, 0.15) is 0 Å². The second-order valence-corrected chi connectivity index (χ2v) is 4.12. The largest absolute Gasteiger partial charge is 0.371 e. The number of ether oxygens (including phenoxy) is 1. The maximum atomic E-state index is 10.7. The van der Waals surface area contributed by atoms with Crippen LogP contribution in [0.3, 0.4) is 0 Å². The van der Waals surface area contributed by atoms with E-state index in [9.17, 15) is 10.1 Å². The summed E-state index contributed by atoms with van der Waals surface area (Å²) in [6.45, 7) is 5.86. The molecule has 2 rings (SSSR count). The Hall–Kier alpha value is -1.53. The summed E-state index contributed by atoms with van der Waals surface area (Å²) in [7, 11) is 0. The molecule has 1 aromatic heterocycles. The van der Waals surface area contributed by atoms with Crippen LogP contribution in [0.1, 0.15) is 22.9 Å². The number of hydrogen-bond acceptors (Lipinski definition) is 5. The van der Waals surface area contributed by atoms with E-state index in [1.54, 1.807) is 6.92 Å². The fourth-order valence-electron chi connectivity index (χ4n) is 2.15. The monoisotopic (exact) mass is 237 g/mol. The zero-order chi connectivity index (χ0) is 12.4. The Morgan fingerprint density at radius 1 is 1.59 bits per heavy atom. The number of nitro groups is 1. The Bertz CT molecular complexity index is 419. The van der Waals surface area contributed by atoms with Gasteiger partial charge in [0.2, 0.25) is 0 Å². The molecule has 0 radical (unpaired) electrons. The molecule has 0 amide bonds. The SMILES string of the molecule is Cc1cc([N+](=O)[O-])nc(C)c1C1CNCCO1. The molecule has 1 aliphatic heterocycles. The molecule has 0 saturated carbocycles. The van der Waals surface area contributed by atoms with Crippen molar-refractivity contribution in [3.8, 4) is 0 Å². The number of hydrogen-bond donors (Lipinski definition) is 1. The fraction of sp³-hybridized carbons (Fsp3) is 0.545. The van der Waals surface area contributed by atoms with Crippen molar-refractivity contribution in [3.05, 3.63) is 33.0 Å². The summed E-state index contributed by atoms with van der Waals surface area (Å²) < 4.78 is 5.65. The summed E-state index contributed by atoms with van der Waals surface area (Å²) in [5.74, 6) is -0.104. The lowest BCUT2D eigenvalue weighted by Gasteiger charge is -2.25. The van der Waals surface area contributed by atoms with Gasteiger partial charge in [0.15, 0.2) is 5.69 Å². The Morgan fingerprint density at radius 3 is 2.88 bits per heavy atom. The van der Waals surface area contributed by atoms with Crippen molar-refractivity contribution in [2.45, 2.75) is 20.0 Å². The van der Waals surface area contributed by atoms with Gasteiger partial charge in [0.05, 0.1) is 12.7 Å². The highest BCUT2D eigenvalue weighted by Crippen LogP contribution is 2.27. The zero-order valence-electron chi connectivity index (χ0n) is 9.90. The van der Waals surface area contributed by atoms with Gasteiger partial charge in [-0.05, 0) is 22.4 Å². The molecule has 6 nitrogen and oxygen atoms in total. The average Bonchev–Trinajstić information content (AvgIpc) is 2.29. The number of aromatic nitrogens is 1. The van der Waals surface area contributed by atoms with Crippen molar-refractivity contribution in [3.63, 3.8) is 0 Å². The molecule has 17 heavy (non-hydrogen) atoms. The van der Waals surface area contributed by atoms with Gasteiger partial charge in [-0.25, -0.2) is 0 Å². The Balaban J connectivity index is 2.37. The predicted molar refractivity (Wildman–Crippen MR) is 61.9 cm³/mol. The minimum absolute atomic E-state index is 0.0583. The van der Waals surface area contributed by atoms with E-state index >= 15 is 0 Å². The van der Waals surface area contributed by atoms with E-state index in [1.165, 1.54) is 6.07 Å². The predicted octanol–water partition coefficient (Wildman–Crippen LogP) is 1.27. The number of pyridine rings is 1. The van der Waals surface area contributed by atoms with Crippen molar-refractivity contribution in [1.82, 2.24) is 10.3 Å². The molecule has 1 unspecified atom stereocenters. The molecule has 1 N–H and O–H groups in total. The second-order valence-electron chi connectivity index (χ2n) is 4.12. The average molecular weight is 237 g/mol. The van der Waals surface area contributed by atoms with Gasteiger partial charge in [-0.15, -0.1) is 0 Å². The van der Waals surface area contributed by atoms with Crippen LogP contribution in [0.2, 0.25) is 0 Å². The zero-order valence-corrected chi connectivity index (χ0v) is 9.90. The Morgan fingerprint density at radius 2 is 2.35 bits per heavy atom. The highest BCUT2D eigenvalue weighted by molar-refractivity contribution is 5.38. The van der Waals surface area contributed by atoms with Crippen LogP contribution in [-0.2, 0) is 4.74 Å². The summed E-state index contributed by atoms with van der Waals surface area (Å²) in [4.78, 5) is 14.2. The number of nitrogens with zero attached hydrogens (tertiary/aromatic N) is 2. The topological polar surface area (TPSA) is 77.3 Å². The molecule has 6 heteroatoms. The number of nitrogens with one attached hydrogen (secondary N) is 1. The Labute approximate surface area is 99.2 Å². The molecule has 0 aromatic carbocycles. The number of aryl methyl sites for hydroxylation is 2. The van der Waals surface area contributed by atoms with Crippen LogP contribution in [0.25, 0.3) is 0 Å². The smallest absolute Gasteiger partial charge is 0.363 e. The van der Waals surface area contributed by atoms with E-state index in [1.807, 2.05) is 6.92 Å². The van der Waals surface area contributed by atoms with Crippen molar-refractivity contribution >= 4 is 5.82 Å². The summed E-state index contributed by atoms with van der Waals surface area (Å²) in [6.07, 6.45) is -0.0583. The molecule has 1 saturated heterocycles. The van der Waals surface area contributed by atoms with Crippen LogP contribution in [0, 0.1) is 24.0 Å². The molecule has 92 valence electrons. The first-order chi connectivity index (χ1) is 8.09. The molecule has 0 bridgehead atoms. The molecule has 1 atom stereocenters. The molecule has 0 spiro atoms. The minimum Gasteiger partial charge on any atom is -0.371 e. The van der Waals surface area contributed by atoms with Crippen molar-refractivity contribution < 1.29 is 9.66 Å². The molecular weight excluding hydrogens is 222 g/mol. The van der Waals surface area contributed by atoms with E-state index in [2.05, 4.69) is 10.3 Å². The quantitative estimate of drug-likeness (QED) is 0.619. The molecule has 1 aliphatic rings. The van der Waals surface area contributed by atoms with Crippen LogP contribution in [0.15, 0.2) is 6.07 Å². The van der Waals surface area contributed by atoms with E-state index in [4.69, 9.17) is 4.74 Å². The van der Waals surface area contributed by atoms with E-state index in [-0.39, 0.29) is 11.9 Å². The number of morpholine rings is 1. The van der Waals surface area contributed by atoms with E-state index in [0.29, 0.717) is 12.3 Å². The van der Waals surface area contributed by atoms with E-state index in [0.717, 1.165) is 24.2 Å². The standard InChI is InChI=1S/C11H15N3O3/c1-7-5-10(14(15)16)13-8(2)11(7)9-6-12-3-4-17-9/h5,9,12H,3-4,6H2,1-2H3. The maximum Gasteiger partial charge on any atom is 0.363 e. The van der Waals surface area contributed by atoms with Gasteiger partial charge in [0.25, 0.3) is 0 Å². The van der Waals surface area contributed by atoms with Gasteiger partial charge in [-0.2, -0.15) is 0 Å². The highest BCUT2D eigenvalue weighted by Gasteiger charge is 2.24. The lowest BCUT2D eigenvalue weighted by molar-refractivity contribution is -0.389. The summed E-state index contributed by atoms with van der Waals surface area (Å²) in [5, 5.41) is 13.9. The first-order valence-electron chi connectivity index (χ1n) is 5.54. The van der Waals surface area contributed by atoms with Crippen LogP contribution >= 0.6 is 0 Å². The first kappa shape index (κ1) is 11.9. The third-order valence-electron chi connectivity index (χ3n) is 2.88. The molecule has 2 heterocycles. The summed E-state index contributed by atoms with van der Waals surface area (Å²) in [6, 6.07) is 1.50. The third-order valence-corrected chi connectivity index (χ3v) is 2.88. The first-order valence-corrected chi connectivity index (χ1v) is 5.54. The van der Waals surface area contributed by atoms with Gasteiger partial charge < -0.3 is 20.2 Å². The van der Waals surface area contributed by atoms with Crippen molar-refractivity contribution in [2.75, 3.05) is 19.7 Å². The highest BCUT2D eigenvalue weighted by atomic mass is 16.6. The van der Waals surface area contributed by atoms with Crippen LogP contribution in [0.4, 0.5) is 5.82 Å². The lowest BCUT2D eigenvalue weighted by Crippen LogP contribution is -2.34. The maximum absolute atomic E-state index is 10.7. The van der Waals surface area contributed by atoms with Crippen molar-refractivity contribution in [1.29, 1.82) is 0 Å². The van der Waals surface area contributed by atoms with Crippen LogP contribution in [0.5, 0.6) is 0 Å². The van der Waals surface area contributed by atoms with Crippen molar-refractivity contribution in [2.24, 2.45) is 0 Å². The van der Waals surface area contributed by atoms with Gasteiger partial charge in [-0.1, -0.05) is 0 Å². The summed E-state index contributed by atoms with van der Waals surface area (Å²) >= 11 is 0. The molecular formula is C11H15N3O3. The van der Waals surface area contributed by atoms with Gasteiger partial charge >= 0.3 is 5.82 Å². The third kappa shape index (κ3) is 2.42. The molecule has 1 aromatic rings.